The molecule has 1 spiro atoms. The number of hydrogen-bond donors (Lipinski definition) is 2. The average Bonchev–Trinajstić information content (AvgIpc) is 3.26. The van der Waals surface area contributed by atoms with Gasteiger partial charge in [0.05, 0.1) is 6.61 Å². The van der Waals surface area contributed by atoms with E-state index < -0.39 is 24.3 Å². The number of rotatable bonds is 4. The van der Waals surface area contributed by atoms with Gasteiger partial charge in [0.1, 0.15) is 0 Å². The molecule has 14 heteroatoms. The predicted octanol–water partition coefficient (Wildman–Crippen LogP) is 4.01. The highest BCUT2D eigenvalue weighted by Gasteiger charge is 2.49. The third-order valence-corrected chi connectivity index (χ3v) is 6.02. The van der Waals surface area contributed by atoms with Gasteiger partial charge >= 0.3 is 24.3 Å². The number of methoxy groups -OCH3 is 1. The zero-order valence-electron chi connectivity index (χ0n) is 19.0. The van der Waals surface area contributed by atoms with Gasteiger partial charge in [-0.25, -0.2) is 9.59 Å². The second kappa shape index (κ2) is 12.7. The molecule has 0 unspecified atom stereocenters. The normalized spacial score (nSPS) is 22.8. The lowest BCUT2D eigenvalue weighted by Crippen LogP contribution is -2.36. The molecule has 1 aromatic carbocycles. The van der Waals surface area contributed by atoms with Crippen molar-refractivity contribution in [3.05, 3.63) is 34.9 Å². The topological polar surface area (TPSA) is 90.3 Å². The van der Waals surface area contributed by atoms with E-state index in [0.29, 0.717) is 11.3 Å². The number of aliphatic carboxylic acids is 2. The molecule has 2 aliphatic heterocycles. The van der Waals surface area contributed by atoms with Gasteiger partial charge in [-0.15, -0.1) is 0 Å². The number of nitrogens with zero attached hydrogens (tertiary/aromatic N) is 2. The number of carboxylic acids is 2. The van der Waals surface area contributed by atoms with Crippen LogP contribution in [-0.4, -0.2) is 91.2 Å². The van der Waals surface area contributed by atoms with Gasteiger partial charge in [0, 0.05) is 49.6 Å². The van der Waals surface area contributed by atoms with Crippen molar-refractivity contribution in [2.24, 2.45) is 11.3 Å². The molecular weight excluding hydrogens is 510 g/mol. The molecule has 0 radical (unpaired) electrons. The Labute approximate surface area is 203 Å². The van der Waals surface area contributed by atoms with Crippen LogP contribution in [0.1, 0.15) is 12.0 Å². The number of hydrogen-bond acceptors (Lipinski definition) is 5. The molecule has 0 saturated carbocycles. The van der Waals surface area contributed by atoms with Gasteiger partial charge < -0.3 is 19.8 Å². The Morgan fingerprint density at radius 2 is 1.60 bits per heavy atom. The maximum atomic E-state index is 10.6. The fraction of sp³-hybridized carbons (Fsp3) is 0.619. The summed E-state index contributed by atoms with van der Waals surface area (Å²) < 4.78 is 68.9. The van der Waals surface area contributed by atoms with E-state index in [0.717, 1.165) is 31.3 Å². The monoisotopic (exact) mass is 536 g/mol. The molecule has 2 saturated heterocycles. The number of likely N-dealkylation sites (tertiary alicyclic amines) is 2. The number of carbonyl (C=O) groups is 2. The lowest BCUT2D eigenvalue weighted by molar-refractivity contribution is -0.193. The number of halogens is 7. The van der Waals surface area contributed by atoms with Crippen molar-refractivity contribution in [2.75, 3.05) is 46.9 Å². The minimum absolute atomic E-state index is 0.409. The molecule has 0 aliphatic carbocycles. The molecule has 2 fully saturated rings. The number of alkyl halides is 6. The molecule has 7 nitrogen and oxygen atoms in total. The highest BCUT2D eigenvalue weighted by molar-refractivity contribution is 6.31. The third kappa shape index (κ3) is 9.82. The number of benzene rings is 1. The minimum Gasteiger partial charge on any atom is -0.475 e. The van der Waals surface area contributed by atoms with E-state index >= 15 is 0 Å². The Hall–Kier alpha value is -2.09. The number of carboxylic acid groups (broad SMARTS) is 2. The first-order valence-electron chi connectivity index (χ1n) is 10.3. The second-order valence-corrected chi connectivity index (χ2v) is 8.78. The molecular formula is C21H27ClF6N2O5. The molecule has 2 atom stereocenters. The van der Waals surface area contributed by atoms with Crippen LogP contribution in [0.3, 0.4) is 0 Å². The fourth-order valence-corrected chi connectivity index (χ4v) is 4.38. The summed E-state index contributed by atoms with van der Waals surface area (Å²) in [5, 5.41) is 15.1. The fourth-order valence-electron chi connectivity index (χ4n) is 4.18. The second-order valence-electron chi connectivity index (χ2n) is 8.37. The standard InChI is InChI=1S/C17H25ClN2O.2C2HF3O2/c1-19-10-15(11-21-2)17(12-19)7-8-20(13-17)9-14-5-3-4-6-16(14)18;2*3-2(4,5)1(6)7/h3-6,15H,7-13H2,1-2H3;2*(H,6,7)/t15-,17-;;/m1../s1. The van der Waals surface area contributed by atoms with E-state index in [4.69, 9.17) is 36.1 Å². The maximum Gasteiger partial charge on any atom is 0.490 e. The largest absolute Gasteiger partial charge is 0.490 e. The van der Waals surface area contributed by atoms with Crippen molar-refractivity contribution in [2.45, 2.75) is 25.3 Å². The zero-order chi connectivity index (χ0) is 27.0. The summed E-state index contributed by atoms with van der Waals surface area (Å²) in [4.78, 5) is 22.8. The van der Waals surface area contributed by atoms with E-state index in [1.807, 2.05) is 19.2 Å². The molecule has 2 heterocycles. The van der Waals surface area contributed by atoms with Crippen LogP contribution < -0.4 is 0 Å². The van der Waals surface area contributed by atoms with E-state index in [9.17, 15) is 26.3 Å². The van der Waals surface area contributed by atoms with Crippen LogP contribution in [0.2, 0.25) is 5.02 Å². The van der Waals surface area contributed by atoms with Crippen LogP contribution in [0.5, 0.6) is 0 Å². The zero-order valence-corrected chi connectivity index (χ0v) is 19.8. The van der Waals surface area contributed by atoms with Gasteiger partial charge in [0.15, 0.2) is 0 Å². The van der Waals surface area contributed by atoms with E-state index in [1.165, 1.54) is 25.1 Å². The molecule has 3 rings (SSSR count). The smallest absolute Gasteiger partial charge is 0.475 e. The summed E-state index contributed by atoms with van der Waals surface area (Å²) in [5.74, 6) is -4.86. The van der Waals surface area contributed by atoms with E-state index in [2.05, 4.69) is 29.0 Å². The molecule has 0 aromatic heterocycles. The van der Waals surface area contributed by atoms with Crippen molar-refractivity contribution >= 4 is 23.5 Å². The Balaban J connectivity index is 0.000000362. The lowest BCUT2D eigenvalue weighted by atomic mass is 9.77. The molecule has 0 bridgehead atoms. The molecule has 2 N–H and O–H groups in total. The maximum absolute atomic E-state index is 10.6. The Bertz CT molecular complexity index is 830. The molecule has 35 heavy (non-hydrogen) atoms. The SMILES string of the molecule is COC[C@H]1CN(C)C[C@@]12CCN(Cc1ccccc1Cl)C2.O=C(O)C(F)(F)F.O=C(O)C(F)(F)F. The molecule has 200 valence electrons. The number of ether oxygens (including phenoxy) is 1. The van der Waals surface area contributed by atoms with Crippen LogP contribution >= 0.6 is 11.6 Å². The Kier molecular flexibility index (Phi) is 11.3. The van der Waals surface area contributed by atoms with Crippen LogP contribution in [-0.2, 0) is 20.9 Å². The van der Waals surface area contributed by atoms with E-state index in [1.54, 1.807) is 0 Å². The van der Waals surface area contributed by atoms with Gasteiger partial charge in [0.2, 0.25) is 0 Å². The first kappa shape index (κ1) is 30.9. The quantitative estimate of drug-likeness (QED) is 0.562. The predicted molar refractivity (Wildman–Crippen MR) is 114 cm³/mol. The summed E-state index contributed by atoms with van der Waals surface area (Å²) in [6.45, 7) is 6.53. The summed E-state index contributed by atoms with van der Waals surface area (Å²) in [6, 6.07) is 8.20. The van der Waals surface area contributed by atoms with Crippen molar-refractivity contribution in [3.63, 3.8) is 0 Å². The summed E-state index contributed by atoms with van der Waals surface area (Å²) >= 11 is 6.30. The van der Waals surface area contributed by atoms with Gasteiger partial charge in [-0.3, -0.25) is 4.90 Å². The Morgan fingerprint density at radius 3 is 2.06 bits per heavy atom. The molecule has 0 amide bonds. The van der Waals surface area contributed by atoms with Crippen LogP contribution in [0.25, 0.3) is 0 Å². The first-order chi connectivity index (χ1) is 16.0. The average molecular weight is 537 g/mol. The van der Waals surface area contributed by atoms with Gasteiger partial charge in [-0.1, -0.05) is 29.8 Å². The third-order valence-electron chi connectivity index (χ3n) is 5.65. The highest BCUT2D eigenvalue weighted by atomic mass is 35.5. The first-order valence-corrected chi connectivity index (χ1v) is 10.6. The lowest BCUT2D eigenvalue weighted by Gasteiger charge is -2.30. The summed E-state index contributed by atoms with van der Waals surface area (Å²) in [6.07, 6.45) is -8.89. The Morgan fingerprint density at radius 1 is 1.09 bits per heavy atom. The van der Waals surface area contributed by atoms with Crippen LogP contribution in [0.15, 0.2) is 24.3 Å². The van der Waals surface area contributed by atoms with Crippen molar-refractivity contribution in [1.82, 2.24) is 9.80 Å². The van der Waals surface area contributed by atoms with Gasteiger partial charge in [0.25, 0.3) is 0 Å². The van der Waals surface area contributed by atoms with E-state index in [-0.39, 0.29) is 0 Å². The molecule has 2 aliphatic rings. The summed E-state index contributed by atoms with van der Waals surface area (Å²) in [7, 11) is 4.05. The van der Waals surface area contributed by atoms with Crippen molar-refractivity contribution in [1.29, 1.82) is 0 Å². The highest BCUT2D eigenvalue weighted by Crippen LogP contribution is 2.44. The van der Waals surface area contributed by atoms with Gasteiger partial charge in [-0.2, -0.15) is 26.3 Å². The van der Waals surface area contributed by atoms with Crippen LogP contribution in [0.4, 0.5) is 26.3 Å². The minimum atomic E-state index is -5.08. The van der Waals surface area contributed by atoms with Crippen molar-refractivity contribution < 1.29 is 50.9 Å². The summed E-state index contributed by atoms with van der Waals surface area (Å²) in [5.41, 5.74) is 1.65. The van der Waals surface area contributed by atoms with Crippen LogP contribution in [0, 0.1) is 11.3 Å². The van der Waals surface area contributed by atoms with Gasteiger partial charge in [-0.05, 0) is 31.6 Å². The molecule has 1 aromatic rings. The van der Waals surface area contributed by atoms with Crippen molar-refractivity contribution in [3.8, 4) is 0 Å².